The highest BCUT2D eigenvalue weighted by atomic mass is 35.5. The zero-order valence-electron chi connectivity index (χ0n) is 12.5. The van der Waals surface area contributed by atoms with Gasteiger partial charge in [-0.25, -0.2) is 0 Å². The summed E-state index contributed by atoms with van der Waals surface area (Å²) < 4.78 is 4.89. The fourth-order valence-corrected chi connectivity index (χ4v) is 2.28. The number of carbonyl (C=O) groups excluding carboxylic acids is 1. The van der Waals surface area contributed by atoms with Crippen molar-refractivity contribution in [1.82, 2.24) is 15.5 Å². The van der Waals surface area contributed by atoms with Gasteiger partial charge in [-0.2, -0.15) is 0 Å². The summed E-state index contributed by atoms with van der Waals surface area (Å²) in [6.45, 7) is 8.08. The molecule has 1 amide bonds. The van der Waals surface area contributed by atoms with Gasteiger partial charge in [-0.1, -0.05) is 6.92 Å². The first-order valence-electron chi connectivity index (χ1n) is 6.91. The summed E-state index contributed by atoms with van der Waals surface area (Å²) in [5.74, 6) is 0.862. The van der Waals surface area contributed by atoms with E-state index in [0.29, 0.717) is 19.7 Å². The van der Waals surface area contributed by atoms with Gasteiger partial charge < -0.3 is 20.3 Å². The number of carbonyl (C=O) groups is 1. The molecular formula is C13H29Cl2N3O2. The van der Waals surface area contributed by atoms with Crippen LogP contribution in [0.2, 0.25) is 0 Å². The molecule has 1 fully saturated rings. The van der Waals surface area contributed by atoms with Crippen molar-refractivity contribution in [3.05, 3.63) is 0 Å². The molecule has 0 aromatic rings. The van der Waals surface area contributed by atoms with Gasteiger partial charge in [0.05, 0.1) is 13.2 Å². The number of amides is 1. The van der Waals surface area contributed by atoms with E-state index in [9.17, 15) is 4.79 Å². The quantitative estimate of drug-likeness (QED) is 0.650. The third-order valence-electron chi connectivity index (χ3n) is 3.26. The second-order valence-electron chi connectivity index (χ2n) is 5.07. The molecule has 0 aliphatic carbocycles. The Kier molecular flexibility index (Phi) is 15.4. The number of piperidine rings is 1. The first-order valence-corrected chi connectivity index (χ1v) is 6.91. The highest BCUT2D eigenvalue weighted by molar-refractivity contribution is 5.85. The summed E-state index contributed by atoms with van der Waals surface area (Å²) in [5, 5.41) is 5.97. The van der Waals surface area contributed by atoms with Crippen molar-refractivity contribution in [1.29, 1.82) is 0 Å². The second-order valence-corrected chi connectivity index (χ2v) is 5.07. The highest BCUT2D eigenvalue weighted by Crippen LogP contribution is 2.14. The van der Waals surface area contributed by atoms with E-state index in [1.807, 2.05) is 0 Å². The van der Waals surface area contributed by atoms with E-state index in [0.717, 1.165) is 19.0 Å². The third kappa shape index (κ3) is 10.7. The van der Waals surface area contributed by atoms with Gasteiger partial charge in [0.1, 0.15) is 0 Å². The molecular weight excluding hydrogens is 301 g/mol. The van der Waals surface area contributed by atoms with E-state index < -0.39 is 0 Å². The van der Waals surface area contributed by atoms with Crippen LogP contribution in [0.3, 0.4) is 0 Å². The summed E-state index contributed by atoms with van der Waals surface area (Å²) in [6, 6.07) is 0. The van der Waals surface area contributed by atoms with Crippen molar-refractivity contribution in [3.8, 4) is 0 Å². The smallest absolute Gasteiger partial charge is 0.234 e. The lowest BCUT2D eigenvalue weighted by molar-refractivity contribution is -0.120. The van der Waals surface area contributed by atoms with Gasteiger partial charge in [-0.15, -0.1) is 24.8 Å². The van der Waals surface area contributed by atoms with E-state index in [-0.39, 0.29) is 30.7 Å². The number of rotatable bonds is 8. The first-order chi connectivity index (χ1) is 8.72. The number of hydrogen-bond acceptors (Lipinski definition) is 4. The monoisotopic (exact) mass is 329 g/mol. The number of halogens is 2. The Morgan fingerprint density at radius 2 is 2.10 bits per heavy atom. The van der Waals surface area contributed by atoms with Crippen LogP contribution >= 0.6 is 24.8 Å². The molecule has 1 saturated heterocycles. The maximum absolute atomic E-state index is 11.5. The SMILES string of the molecule is COCCNCC(=O)NCCN1CCCC(C)C1.Cl.Cl. The second kappa shape index (κ2) is 13.9. The van der Waals surface area contributed by atoms with Crippen LogP contribution < -0.4 is 10.6 Å². The minimum absolute atomic E-state index is 0. The molecule has 2 N–H and O–H groups in total. The highest BCUT2D eigenvalue weighted by Gasteiger charge is 2.15. The van der Waals surface area contributed by atoms with E-state index in [2.05, 4.69) is 22.5 Å². The van der Waals surface area contributed by atoms with Crippen molar-refractivity contribution in [2.45, 2.75) is 19.8 Å². The lowest BCUT2D eigenvalue weighted by atomic mass is 10.0. The van der Waals surface area contributed by atoms with Crippen LogP contribution in [0.1, 0.15) is 19.8 Å². The molecule has 1 unspecified atom stereocenters. The lowest BCUT2D eigenvalue weighted by Gasteiger charge is -2.30. The minimum Gasteiger partial charge on any atom is -0.383 e. The molecule has 1 heterocycles. The standard InChI is InChI=1S/C13H27N3O2.2ClH/c1-12-4-3-7-16(11-12)8-5-15-13(17)10-14-6-9-18-2;;/h12,14H,3-11H2,1-2H3,(H,15,17);2*1H. The largest absolute Gasteiger partial charge is 0.383 e. The van der Waals surface area contributed by atoms with Crippen molar-refractivity contribution >= 4 is 30.7 Å². The first kappa shape index (κ1) is 22.2. The van der Waals surface area contributed by atoms with Crippen molar-refractivity contribution < 1.29 is 9.53 Å². The van der Waals surface area contributed by atoms with Crippen molar-refractivity contribution in [2.75, 3.05) is 53.0 Å². The molecule has 0 radical (unpaired) electrons. The molecule has 1 aliphatic rings. The molecule has 0 bridgehead atoms. The average Bonchev–Trinajstić information content (AvgIpc) is 2.35. The van der Waals surface area contributed by atoms with Crippen molar-refractivity contribution in [3.63, 3.8) is 0 Å². The maximum Gasteiger partial charge on any atom is 0.234 e. The molecule has 0 saturated carbocycles. The fourth-order valence-electron chi connectivity index (χ4n) is 2.28. The summed E-state index contributed by atoms with van der Waals surface area (Å²) >= 11 is 0. The van der Waals surface area contributed by atoms with Crippen molar-refractivity contribution in [2.24, 2.45) is 5.92 Å². The molecule has 122 valence electrons. The number of nitrogens with zero attached hydrogens (tertiary/aromatic N) is 1. The van der Waals surface area contributed by atoms with Crippen LogP contribution in [0, 0.1) is 5.92 Å². The van der Waals surface area contributed by atoms with E-state index >= 15 is 0 Å². The van der Waals surface area contributed by atoms with Gasteiger partial charge in [-0.3, -0.25) is 4.79 Å². The molecule has 1 atom stereocenters. The summed E-state index contributed by atoms with van der Waals surface area (Å²) in [7, 11) is 1.65. The predicted octanol–water partition coefficient (Wildman–Crippen LogP) is 0.914. The number of methoxy groups -OCH3 is 1. The average molecular weight is 330 g/mol. The van der Waals surface area contributed by atoms with Crippen LogP contribution in [0.5, 0.6) is 0 Å². The Bertz CT molecular complexity index is 246. The van der Waals surface area contributed by atoms with Crippen LogP contribution in [-0.4, -0.2) is 63.8 Å². The van der Waals surface area contributed by atoms with E-state index in [4.69, 9.17) is 4.74 Å². The normalized spacial score (nSPS) is 18.8. The summed E-state index contributed by atoms with van der Waals surface area (Å²) in [6.07, 6.45) is 2.62. The molecule has 1 aliphatic heterocycles. The Morgan fingerprint density at radius 1 is 1.35 bits per heavy atom. The Hall–Kier alpha value is -0.0700. The third-order valence-corrected chi connectivity index (χ3v) is 3.26. The van der Waals surface area contributed by atoms with Gasteiger partial charge in [0, 0.05) is 33.3 Å². The van der Waals surface area contributed by atoms with Gasteiger partial charge in [0.25, 0.3) is 0 Å². The lowest BCUT2D eigenvalue weighted by Crippen LogP contribution is -2.42. The number of hydrogen-bond donors (Lipinski definition) is 2. The zero-order valence-corrected chi connectivity index (χ0v) is 14.2. The number of nitrogens with one attached hydrogen (secondary N) is 2. The molecule has 0 spiro atoms. The molecule has 0 aromatic heterocycles. The molecule has 7 heteroatoms. The van der Waals surface area contributed by atoms with E-state index in [1.54, 1.807) is 7.11 Å². The Labute approximate surface area is 135 Å². The maximum atomic E-state index is 11.5. The minimum atomic E-state index is 0. The number of likely N-dealkylation sites (tertiary alicyclic amines) is 1. The Balaban J connectivity index is 0. The van der Waals surface area contributed by atoms with Crippen LogP contribution in [0.25, 0.3) is 0 Å². The van der Waals surface area contributed by atoms with Crippen LogP contribution in [-0.2, 0) is 9.53 Å². The van der Waals surface area contributed by atoms with Gasteiger partial charge in [0.2, 0.25) is 5.91 Å². The van der Waals surface area contributed by atoms with Gasteiger partial charge in [-0.05, 0) is 25.3 Å². The van der Waals surface area contributed by atoms with Gasteiger partial charge in [0.15, 0.2) is 0 Å². The molecule has 1 rings (SSSR count). The zero-order chi connectivity index (χ0) is 13.2. The molecule has 0 aromatic carbocycles. The van der Waals surface area contributed by atoms with Crippen LogP contribution in [0.4, 0.5) is 0 Å². The summed E-state index contributed by atoms with van der Waals surface area (Å²) in [5.41, 5.74) is 0. The van der Waals surface area contributed by atoms with Gasteiger partial charge >= 0.3 is 0 Å². The van der Waals surface area contributed by atoms with Crippen LogP contribution in [0.15, 0.2) is 0 Å². The molecule has 5 nitrogen and oxygen atoms in total. The Morgan fingerprint density at radius 3 is 2.75 bits per heavy atom. The number of ether oxygens (including phenoxy) is 1. The summed E-state index contributed by atoms with van der Waals surface area (Å²) in [4.78, 5) is 13.9. The van der Waals surface area contributed by atoms with E-state index in [1.165, 1.54) is 25.9 Å². The molecule has 20 heavy (non-hydrogen) atoms. The topological polar surface area (TPSA) is 53.6 Å². The fraction of sp³-hybridized carbons (Fsp3) is 0.923. The predicted molar refractivity (Wildman–Crippen MR) is 87.1 cm³/mol.